The third-order valence-corrected chi connectivity index (χ3v) is 6.11. The van der Waals surface area contributed by atoms with E-state index in [2.05, 4.69) is 21.2 Å². The molecule has 2 amide bonds. The van der Waals surface area contributed by atoms with Crippen LogP contribution < -0.4 is 10.2 Å². The molecule has 2 heterocycles. The fourth-order valence-electron chi connectivity index (χ4n) is 3.64. The Morgan fingerprint density at radius 2 is 1.94 bits per heavy atom. The number of carboxylic acids is 1. The van der Waals surface area contributed by atoms with Crippen molar-refractivity contribution in [2.75, 3.05) is 4.90 Å². The van der Waals surface area contributed by atoms with Crippen LogP contribution in [-0.4, -0.2) is 32.6 Å². The van der Waals surface area contributed by atoms with Crippen molar-refractivity contribution < 1.29 is 19.5 Å². The molecule has 0 saturated carbocycles. The molecule has 7 nitrogen and oxygen atoms in total. The van der Waals surface area contributed by atoms with Crippen LogP contribution in [0.5, 0.6) is 0 Å². The first kappa shape index (κ1) is 21.9. The molecular formula is C23H18BrN3O4S. The van der Waals surface area contributed by atoms with Crippen molar-refractivity contribution >= 4 is 73.7 Å². The minimum atomic E-state index is -0.933. The number of carbonyl (C=O) groups is 3. The summed E-state index contributed by atoms with van der Waals surface area (Å²) in [7, 11) is 0. The highest BCUT2D eigenvalue weighted by Crippen LogP contribution is 2.28. The van der Waals surface area contributed by atoms with Crippen molar-refractivity contribution in [1.29, 1.82) is 0 Å². The zero-order valence-corrected chi connectivity index (χ0v) is 19.5. The van der Waals surface area contributed by atoms with Gasteiger partial charge in [0.2, 0.25) is 0 Å². The smallest absolute Gasteiger partial charge is 0.326 e. The van der Waals surface area contributed by atoms with Crippen LogP contribution in [0.4, 0.5) is 5.69 Å². The van der Waals surface area contributed by atoms with Crippen molar-refractivity contribution in [1.82, 2.24) is 9.88 Å². The van der Waals surface area contributed by atoms with Gasteiger partial charge in [0, 0.05) is 21.6 Å². The normalized spacial score (nSPS) is 16.5. The molecule has 2 N–H and O–H groups in total. The van der Waals surface area contributed by atoms with Gasteiger partial charge >= 0.3 is 5.97 Å². The van der Waals surface area contributed by atoms with Gasteiger partial charge < -0.3 is 9.67 Å². The number of hydrogen-bond donors (Lipinski definition) is 2. The van der Waals surface area contributed by atoms with Crippen molar-refractivity contribution in [2.24, 2.45) is 0 Å². The van der Waals surface area contributed by atoms with Crippen LogP contribution in [0, 0.1) is 6.92 Å². The van der Waals surface area contributed by atoms with Gasteiger partial charge in [-0.2, -0.15) is 0 Å². The number of amides is 2. The molecule has 9 heteroatoms. The average molecular weight is 512 g/mol. The second kappa shape index (κ2) is 8.33. The zero-order chi connectivity index (χ0) is 23.2. The minimum Gasteiger partial charge on any atom is -0.480 e. The maximum atomic E-state index is 13.2. The van der Waals surface area contributed by atoms with E-state index in [1.807, 2.05) is 13.0 Å². The average Bonchev–Trinajstić information content (AvgIpc) is 3.15. The third-order valence-electron chi connectivity index (χ3n) is 5.33. The third kappa shape index (κ3) is 3.85. The molecule has 1 fully saturated rings. The number of aliphatic carboxylic acids is 1. The summed E-state index contributed by atoms with van der Waals surface area (Å²) in [6.45, 7) is 3.46. The highest BCUT2D eigenvalue weighted by molar-refractivity contribution is 9.10. The predicted octanol–water partition coefficient (Wildman–Crippen LogP) is 4.19. The number of nitrogens with zero attached hydrogens (tertiary/aromatic N) is 2. The van der Waals surface area contributed by atoms with Crippen LogP contribution in [0.3, 0.4) is 0 Å². The van der Waals surface area contributed by atoms with Gasteiger partial charge in [-0.15, -0.1) is 0 Å². The van der Waals surface area contributed by atoms with E-state index in [-0.39, 0.29) is 10.7 Å². The van der Waals surface area contributed by atoms with Gasteiger partial charge in [0.1, 0.15) is 11.6 Å². The maximum absolute atomic E-state index is 13.2. The van der Waals surface area contributed by atoms with E-state index in [0.717, 1.165) is 20.9 Å². The molecule has 162 valence electrons. The SMILES string of the molecule is Cc1cc(Br)ccc1N1C(=O)/C(=C/c2ccc3c(ccn3[C@H](C)C(=O)O)c2)C(=O)NC1=S. The van der Waals surface area contributed by atoms with Crippen LogP contribution in [0.25, 0.3) is 17.0 Å². The molecular weight excluding hydrogens is 494 g/mol. The number of hydrogen-bond acceptors (Lipinski definition) is 4. The summed E-state index contributed by atoms with van der Waals surface area (Å²) in [5.74, 6) is -2.01. The van der Waals surface area contributed by atoms with Crippen LogP contribution >= 0.6 is 28.1 Å². The fourth-order valence-corrected chi connectivity index (χ4v) is 4.39. The van der Waals surface area contributed by atoms with Gasteiger partial charge in [-0.1, -0.05) is 22.0 Å². The molecule has 32 heavy (non-hydrogen) atoms. The Labute approximate surface area is 197 Å². The lowest BCUT2D eigenvalue weighted by atomic mass is 10.0. The Morgan fingerprint density at radius 1 is 1.19 bits per heavy atom. The Kier molecular flexibility index (Phi) is 5.70. The number of aromatic nitrogens is 1. The van der Waals surface area contributed by atoms with Gasteiger partial charge in [-0.05, 0) is 79.7 Å². The second-order valence-corrected chi connectivity index (χ2v) is 8.75. The molecule has 1 aliphatic rings. The number of fused-ring (bicyclic) bond motifs is 1. The first-order valence-corrected chi connectivity index (χ1v) is 10.9. The van der Waals surface area contributed by atoms with Gasteiger partial charge in [-0.25, -0.2) is 4.79 Å². The molecule has 0 aliphatic carbocycles. The molecule has 4 rings (SSSR count). The van der Waals surface area contributed by atoms with Gasteiger partial charge in [0.05, 0.1) is 5.69 Å². The number of carbonyl (C=O) groups excluding carboxylic acids is 2. The number of nitrogens with one attached hydrogen (secondary N) is 1. The lowest BCUT2D eigenvalue weighted by Crippen LogP contribution is -2.54. The van der Waals surface area contributed by atoms with Crippen molar-refractivity contribution in [3.63, 3.8) is 0 Å². The Bertz CT molecular complexity index is 1340. The number of aryl methyl sites for hydroxylation is 1. The number of benzene rings is 2. The van der Waals surface area contributed by atoms with E-state index in [1.54, 1.807) is 54.1 Å². The molecule has 0 radical (unpaired) electrons. The van der Waals surface area contributed by atoms with Gasteiger partial charge in [-0.3, -0.25) is 19.8 Å². The maximum Gasteiger partial charge on any atom is 0.326 e. The van der Waals surface area contributed by atoms with E-state index in [0.29, 0.717) is 11.3 Å². The van der Waals surface area contributed by atoms with Gasteiger partial charge in [0.25, 0.3) is 11.8 Å². The number of rotatable bonds is 4. The molecule has 2 aromatic carbocycles. The van der Waals surface area contributed by atoms with Crippen LogP contribution in [-0.2, 0) is 14.4 Å². The van der Waals surface area contributed by atoms with Crippen LogP contribution in [0.2, 0.25) is 0 Å². The number of halogens is 1. The Morgan fingerprint density at radius 3 is 2.62 bits per heavy atom. The monoisotopic (exact) mass is 511 g/mol. The van der Waals surface area contributed by atoms with E-state index in [9.17, 15) is 19.5 Å². The highest BCUT2D eigenvalue weighted by Gasteiger charge is 2.35. The van der Waals surface area contributed by atoms with E-state index in [4.69, 9.17) is 12.2 Å². The predicted molar refractivity (Wildman–Crippen MR) is 129 cm³/mol. The Hall–Kier alpha value is -3.30. The van der Waals surface area contributed by atoms with Crippen molar-refractivity contribution in [2.45, 2.75) is 19.9 Å². The first-order chi connectivity index (χ1) is 15.2. The minimum absolute atomic E-state index is 0.0257. The standard InChI is InChI=1S/C23H18BrN3O4S/c1-12-9-16(24)4-6-18(12)27-21(29)17(20(28)25-23(27)32)11-14-3-5-19-15(10-14)7-8-26(19)13(2)22(30)31/h3-11,13H,1-2H3,(H,30,31)(H,25,28,32)/b17-11+/t13-/m1/s1. The number of thiocarbonyl (C=S) groups is 1. The number of anilines is 1. The van der Waals surface area contributed by atoms with Crippen molar-refractivity contribution in [3.8, 4) is 0 Å². The first-order valence-electron chi connectivity index (χ1n) is 9.68. The quantitative estimate of drug-likeness (QED) is 0.311. The summed E-state index contributed by atoms with van der Waals surface area (Å²) >= 11 is 8.67. The molecule has 1 atom stereocenters. The molecule has 0 unspecified atom stereocenters. The molecule has 0 bridgehead atoms. The molecule has 1 saturated heterocycles. The highest BCUT2D eigenvalue weighted by atomic mass is 79.9. The molecule has 3 aromatic rings. The van der Waals surface area contributed by atoms with Crippen LogP contribution in [0.15, 0.2) is 58.7 Å². The zero-order valence-electron chi connectivity index (χ0n) is 17.1. The summed E-state index contributed by atoms with van der Waals surface area (Å²) in [6, 6.07) is 11.8. The molecule has 1 aliphatic heterocycles. The lowest BCUT2D eigenvalue weighted by Gasteiger charge is -2.30. The van der Waals surface area contributed by atoms with E-state index >= 15 is 0 Å². The molecule has 1 aromatic heterocycles. The van der Waals surface area contributed by atoms with Gasteiger partial charge in [0.15, 0.2) is 5.11 Å². The summed E-state index contributed by atoms with van der Waals surface area (Å²) in [5.41, 5.74) is 2.75. The summed E-state index contributed by atoms with van der Waals surface area (Å²) < 4.78 is 2.52. The van der Waals surface area contributed by atoms with E-state index in [1.165, 1.54) is 11.0 Å². The summed E-state index contributed by atoms with van der Waals surface area (Å²) in [4.78, 5) is 38.5. The Balaban J connectivity index is 1.73. The lowest BCUT2D eigenvalue weighted by molar-refractivity contribution is -0.140. The fraction of sp³-hybridized carbons (Fsp3) is 0.130. The largest absolute Gasteiger partial charge is 0.480 e. The van der Waals surface area contributed by atoms with E-state index < -0.39 is 23.8 Å². The van der Waals surface area contributed by atoms with Crippen molar-refractivity contribution in [3.05, 3.63) is 69.8 Å². The second-order valence-electron chi connectivity index (χ2n) is 7.44. The van der Waals surface area contributed by atoms with Crippen LogP contribution in [0.1, 0.15) is 24.1 Å². The molecule has 0 spiro atoms. The summed E-state index contributed by atoms with van der Waals surface area (Å²) in [5, 5.41) is 12.7. The topological polar surface area (TPSA) is 91.6 Å². The number of carboxylic acid groups (broad SMARTS) is 1. The summed E-state index contributed by atoms with van der Waals surface area (Å²) in [6.07, 6.45) is 3.22.